The summed E-state index contributed by atoms with van der Waals surface area (Å²) in [5.74, 6) is -1.45. The van der Waals surface area contributed by atoms with Crippen molar-refractivity contribution in [1.29, 1.82) is 0 Å². The van der Waals surface area contributed by atoms with Crippen molar-refractivity contribution in [2.45, 2.75) is 32.0 Å². The first-order valence-corrected chi connectivity index (χ1v) is 12.7. The number of carbonyl (C=O) groups is 2. The van der Waals surface area contributed by atoms with E-state index in [1.54, 1.807) is 11.0 Å². The molecule has 2 amide bonds. The molecule has 0 radical (unpaired) electrons. The lowest BCUT2D eigenvalue weighted by Gasteiger charge is -2.36. The van der Waals surface area contributed by atoms with E-state index in [-0.39, 0.29) is 54.8 Å². The highest BCUT2D eigenvalue weighted by Crippen LogP contribution is 2.37. The summed E-state index contributed by atoms with van der Waals surface area (Å²) in [6.45, 7) is 2.38. The van der Waals surface area contributed by atoms with Gasteiger partial charge in [0.2, 0.25) is 5.91 Å². The molecule has 2 aliphatic heterocycles. The van der Waals surface area contributed by atoms with Crippen LogP contribution in [0.4, 0.5) is 14.5 Å². The number of likely N-dealkylation sites (tertiary alicyclic amines) is 1. The summed E-state index contributed by atoms with van der Waals surface area (Å²) in [6.07, 6.45) is -0.253. The summed E-state index contributed by atoms with van der Waals surface area (Å²) >= 11 is 12.5. The van der Waals surface area contributed by atoms with Crippen LogP contribution < -0.4 is 10.9 Å². The summed E-state index contributed by atoms with van der Waals surface area (Å²) in [7, 11) is 0. The van der Waals surface area contributed by atoms with Crippen LogP contribution in [0.3, 0.4) is 0 Å². The fourth-order valence-corrected chi connectivity index (χ4v) is 5.82. The van der Waals surface area contributed by atoms with E-state index in [1.807, 2.05) is 13.0 Å². The van der Waals surface area contributed by atoms with Gasteiger partial charge in [-0.15, -0.1) is 0 Å². The second-order valence-electron chi connectivity index (χ2n) is 9.40. The number of halogens is 4. The van der Waals surface area contributed by atoms with E-state index in [0.717, 1.165) is 17.2 Å². The molecule has 194 valence electrons. The Hall–Kier alpha value is -3.17. The maximum Gasteiger partial charge on any atom is 0.270 e. The van der Waals surface area contributed by atoms with Crippen LogP contribution in [0.25, 0.3) is 10.8 Å². The summed E-state index contributed by atoms with van der Waals surface area (Å²) in [5, 5.41) is 4.24. The van der Waals surface area contributed by atoms with Crippen molar-refractivity contribution in [3.8, 4) is 0 Å². The van der Waals surface area contributed by atoms with Crippen molar-refractivity contribution in [3.63, 3.8) is 0 Å². The highest BCUT2D eigenvalue weighted by atomic mass is 35.5. The zero-order chi connectivity index (χ0) is 26.4. The highest BCUT2D eigenvalue weighted by molar-refractivity contribution is 6.35. The van der Waals surface area contributed by atoms with Gasteiger partial charge in [-0.2, -0.15) is 0 Å². The third kappa shape index (κ3) is 4.90. The number of aromatic amines is 1. The lowest BCUT2D eigenvalue weighted by molar-refractivity contribution is -0.131. The van der Waals surface area contributed by atoms with Gasteiger partial charge in [-0.1, -0.05) is 23.2 Å². The Morgan fingerprint density at radius 1 is 1.16 bits per heavy atom. The molecule has 0 bridgehead atoms. The molecule has 3 aromatic rings. The smallest absolute Gasteiger partial charge is 0.270 e. The number of hydrogen-bond acceptors (Lipinski definition) is 4. The number of alkyl halides is 1. The van der Waals surface area contributed by atoms with Crippen LogP contribution in [0.5, 0.6) is 0 Å². The van der Waals surface area contributed by atoms with Crippen molar-refractivity contribution in [2.24, 2.45) is 0 Å². The molecule has 1 saturated heterocycles. The Balaban J connectivity index is 1.35. The number of pyridine rings is 1. The first kappa shape index (κ1) is 25.5. The molecule has 1 aromatic heterocycles. The van der Waals surface area contributed by atoms with Crippen molar-refractivity contribution in [3.05, 3.63) is 73.4 Å². The van der Waals surface area contributed by atoms with Crippen molar-refractivity contribution < 1.29 is 18.4 Å². The summed E-state index contributed by atoms with van der Waals surface area (Å²) in [4.78, 5) is 43.8. The van der Waals surface area contributed by atoms with Gasteiger partial charge in [0.25, 0.3) is 11.5 Å². The fraction of sp³-hybridized carbons (Fsp3) is 0.346. The molecule has 3 heterocycles. The predicted molar refractivity (Wildman–Crippen MR) is 139 cm³/mol. The molecule has 1 fully saturated rings. The number of rotatable bonds is 4. The molecule has 2 atom stereocenters. The molecule has 2 aromatic carbocycles. The summed E-state index contributed by atoms with van der Waals surface area (Å²) in [6, 6.07) is 7.10. The molecule has 0 saturated carbocycles. The number of carbonyl (C=O) groups excluding carboxylic acids is 2. The van der Waals surface area contributed by atoms with E-state index in [0.29, 0.717) is 28.4 Å². The maximum atomic E-state index is 14.8. The first-order chi connectivity index (χ1) is 17.6. The van der Waals surface area contributed by atoms with E-state index in [9.17, 15) is 23.2 Å². The standard InChI is InChI=1S/C26H24Cl2F2N4O3/c1-13-24-14(6-16(27)9-19(24)28)2-5-34(13)23(35)11-31-21-7-15-8-22(26(37)33-4-3-17(29)12-33)32-25(36)18(15)10-20(21)30/h6-10,13,17,31H,2-5,11-12H2,1H3,(H,32,36)/t13?,17-/m1/s1. The second-order valence-corrected chi connectivity index (χ2v) is 10.2. The molecule has 2 N–H and O–H groups in total. The van der Waals surface area contributed by atoms with Gasteiger partial charge in [0.05, 0.1) is 30.2 Å². The zero-order valence-electron chi connectivity index (χ0n) is 19.9. The average molecular weight is 549 g/mol. The van der Waals surface area contributed by atoms with E-state index in [4.69, 9.17) is 23.2 Å². The predicted octanol–water partition coefficient (Wildman–Crippen LogP) is 4.72. The summed E-state index contributed by atoms with van der Waals surface area (Å²) < 4.78 is 28.4. The van der Waals surface area contributed by atoms with Crippen LogP contribution in [0.1, 0.15) is 41.0 Å². The zero-order valence-corrected chi connectivity index (χ0v) is 21.4. The van der Waals surface area contributed by atoms with Crippen molar-refractivity contribution in [2.75, 3.05) is 31.5 Å². The van der Waals surface area contributed by atoms with Crippen LogP contribution in [0, 0.1) is 5.82 Å². The van der Waals surface area contributed by atoms with Crippen LogP contribution in [0.15, 0.2) is 35.1 Å². The van der Waals surface area contributed by atoms with Gasteiger partial charge >= 0.3 is 0 Å². The van der Waals surface area contributed by atoms with Gasteiger partial charge in [-0.25, -0.2) is 8.78 Å². The number of fused-ring (bicyclic) bond motifs is 2. The van der Waals surface area contributed by atoms with Crippen LogP contribution in [-0.4, -0.2) is 58.9 Å². The number of nitrogens with zero attached hydrogens (tertiary/aromatic N) is 2. The van der Waals surface area contributed by atoms with Gasteiger partial charge in [0, 0.05) is 23.1 Å². The van der Waals surface area contributed by atoms with Gasteiger partial charge in [0.15, 0.2) is 0 Å². The van der Waals surface area contributed by atoms with Crippen LogP contribution >= 0.6 is 23.2 Å². The SMILES string of the molecule is CC1c2c(Cl)cc(Cl)cc2CCN1C(=O)CNc1cc2cc(C(=O)N3CC[C@@H](F)C3)[nH]c(=O)c2cc1F. The lowest BCUT2D eigenvalue weighted by Crippen LogP contribution is -2.42. The van der Waals surface area contributed by atoms with Crippen molar-refractivity contribution in [1.82, 2.24) is 14.8 Å². The Kier molecular flexibility index (Phi) is 6.85. The summed E-state index contributed by atoms with van der Waals surface area (Å²) in [5.41, 5.74) is 1.23. The van der Waals surface area contributed by atoms with E-state index < -0.39 is 23.5 Å². The Morgan fingerprint density at radius 2 is 1.95 bits per heavy atom. The Labute approximate surface area is 221 Å². The molecule has 0 spiro atoms. The maximum absolute atomic E-state index is 14.8. The largest absolute Gasteiger partial charge is 0.374 e. The van der Waals surface area contributed by atoms with Gasteiger partial charge in [-0.3, -0.25) is 14.4 Å². The second kappa shape index (κ2) is 9.95. The topological polar surface area (TPSA) is 85.5 Å². The molecule has 2 aliphatic rings. The van der Waals surface area contributed by atoms with Crippen molar-refractivity contribution >= 4 is 51.5 Å². The minimum atomic E-state index is -1.09. The monoisotopic (exact) mass is 548 g/mol. The number of aromatic nitrogens is 1. The third-order valence-electron chi connectivity index (χ3n) is 7.02. The normalized spacial score (nSPS) is 19.3. The lowest BCUT2D eigenvalue weighted by atomic mass is 9.93. The molecule has 7 nitrogen and oxygen atoms in total. The fourth-order valence-electron chi connectivity index (χ4n) is 5.13. The number of hydrogen-bond donors (Lipinski definition) is 2. The van der Waals surface area contributed by atoms with E-state index in [2.05, 4.69) is 10.3 Å². The van der Waals surface area contributed by atoms with Gasteiger partial charge in [0.1, 0.15) is 17.7 Å². The van der Waals surface area contributed by atoms with Gasteiger partial charge in [-0.05, 0) is 66.6 Å². The minimum Gasteiger partial charge on any atom is -0.374 e. The third-order valence-corrected chi connectivity index (χ3v) is 7.55. The number of anilines is 1. The first-order valence-electron chi connectivity index (χ1n) is 11.9. The quantitative estimate of drug-likeness (QED) is 0.494. The average Bonchev–Trinajstić information content (AvgIpc) is 3.28. The molecule has 5 rings (SSSR count). The number of H-pyrrole nitrogens is 1. The minimum absolute atomic E-state index is 0.00183. The molecular weight excluding hydrogens is 525 g/mol. The van der Waals surface area contributed by atoms with Gasteiger partial charge < -0.3 is 20.1 Å². The molecule has 37 heavy (non-hydrogen) atoms. The van der Waals surface area contributed by atoms with E-state index >= 15 is 0 Å². The molecular formula is C26H24Cl2F2N4O3. The number of benzene rings is 2. The number of nitrogens with one attached hydrogen (secondary N) is 2. The Morgan fingerprint density at radius 3 is 2.68 bits per heavy atom. The van der Waals surface area contributed by atoms with E-state index in [1.165, 1.54) is 17.0 Å². The Bertz CT molecular complexity index is 1480. The molecule has 11 heteroatoms. The van der Waals surface area contributed by atoms with Crippen LogP contribution in [0.2, 0.25) is 10.0 Å². The number of amides is 2. The van der Waals surface area contributed by atoms with Crippen LogP contribution in [-0.2, 0) is 11.2 Å². The molecule has 1 unspecified atom stereocenters. The highest BCUT2D eigenvalue weighted by Gasteiger charge is 2.30. The molecule has 0 aliphatic carbocycles.